The Morgan fingerprint density at radius 3 is 2.88 bits per heavy atom. The summed E-state index contributed by atoms with van der Waals surface area (Å²) >= 11 is 0. The highest BCUT2D eigenvalue weighted by molar-refractivity contribution is 5.88. The molecule has 2 aromatic rings. The Morgan fingerprint density at radius 1 is 1.62 bits per heavy atom. The summed E-state index contributed by atoms with van der Waals surface area (Å²) in [4.78, 5) is 24.5. The molecule has 0 aliphatic rings. The molecule has 84 valence electrons. The molecule has 0 radical (unpaired) electrons. The van der Waals surface area contributed by atoms with Crippen LogP contribution in [-0.2, 0) is 6.54 Å². The molecule has 0 aliphatic carbocycles. The maximum atomic E-state index is 11.2. The summed E-state index contributed by atoms with van der Waals surface area (Å²) in [5.41, 5.74) is -0.135. The summed E-state index contributed by atoms with van der Waals surface area (Å²) in [6.45, 7) is 1.79. The fourth-order valence-corrected chi connectivity index (χ4v) is 1.48. The van der Waals surface area contributed by atoms with Crippen molar-refractivity contribution in [3.63, 3.8) is 0 Å². The lowest BCUT2D eigenvalue weighted by atomic mass is 10.2. The van der Waals surface area contributed by atoms with Gasteiger partial charge in [-0.3, -0.25) is 4.57 Å². The molecular formula is C10H10N2O4. The van der Waals surface area contributed by atoms with Gasteiger partial charge in [-0.15, -0.1) is 0 Å². The number of furan rings is 1. The number of imidazole rings is 1. The first-order valence-electron chi connectivity index (χ1n) is 4.64. The number of nitrogens with zero attached hydrogens (tertiary/aromatic N) is 1. The molecule has 2 heterocycles. The Bertz CT molecular complexity index is 576. The lowest BCUT2D eigenvalue weighted by Gasteiger charge is -1.95. The average Bonchev–Trinajstić information content (AvgIpc) is 2.75. The van der Waals surface area contributed by atoms with Crippen LogP contribution in [0.1, 0.15) is 21.9 Å². The fraction of sp³-hybridized carbons (Fsp3) is 0.200. The minimum Gasteiger partial charge on any atom is -0.478 e. The van der Waals surface area contributed by atoms with Gasteiger partial charge in [-0.25, -0.2) is 9.59 Å². The zero-order valence-corrected chi connectivity index (χ0v) is 8.56. The SMILES string of the molecule is Cc1oc(Cn2cc[nH]c2=O)cc1C(=O)O. The molecule has 0 saturated heterocycles. The van der Waals surface area contributed by atoms with E-state index in [2.05, 4.69) is 4.98 Å². The molecule has 6 nitrogen and oxygen atoms in total. The van der Waals surface area contributed by atoms with Crippen LogP contribution < -0.4 is 5.69 Å². The Kier molecular flexibility index (Phi) is 2.40. The minimum absolute atomic E-state index is 0.124. The zero-order chi connectivity index (χ0) is 11.7. The minimum atomic E-state index is -1.03. The Labute approximate surface area is 90.1 Å². The summed E-state index contributed by atoms with van der Waals surface area (Å²) in [6, 6.07) is 1.43. The Hall–Kier alpha value is -2.24. The number of aromatic nitrogens is 2. The summed E-state index contributed by atoms with van der Waals surface area (Å²) in [7, 11) is 0. The number of hydrogen-bond donors (Lipinski definition) is 2. The molecule has 6 heteroatoms. The first kappa shape index (κ1) is 10.3. The van der Waals surface area contributed by atoms with E-state index in [9.17, 15) is 9.59 Å². The van der Waals surface area contributed by atoms with Gasteiger partial charge in [0.15, 0.2) is 0 Å². The molecule has 0 saturated carbocycles. The summed E-state index contributed by atoms with van der Waals surface area (Å²) < 4.78 is 6.64. The molecule has 0 spiro atoms. The number of carboxylic acid groups (broad SMARTS) is 1. The third kappa shape index (κ3) is 1.77. The van der Waals surface area contributed by atoms with Gasteiger partial charge < -0.3 is 14.5 Å². The number of rotatable bonds is 3. The molecule has 0 atom stereocenters. The molecule has 2 N–H and O–H groups in total. The van der Waals surface area contributed by atoms with Crippen LogP contribution in [0.5, 0.6) is 0 Å². The van der Waals surface area contributed by atoms with E-state index in [0.717, 1.165) is 0 Å². The quantitative estimate of drug-likeness (QED) is 0.804. The molecular weight excluding hydrogens is 212 g/mol. The number of aromatic carboxylic acids is 1. The van der Waals surface area contributed by atoms with Crippen molar-refractivity contribution in [3.8, 4) is 0 Å². The highest BCUT2D eigenvalue weighted by atomic mass is 16.4. The second-order valence-electron chi connectivity index (χ2n) is 3.38. The maximum absolute atomic E-state index is 11.2. The molecule has 0 unspecified atom stereocenters. The molecule has 0 bridgehead atoms. The van der Waals surface area contributed by atoms with Crippen molar-refractivity contribution < 1.29 is 14.3 Å². The second kappa shape index (κ2) is 3.73. The normalized spacial score (nSPS) is 10.6. The number of hydrogen-bond acceptors (Lipinski definition) is 3. The topological polar surface area (TPSA) is 88.2 Å². The number of aromatic amines is 1. The van der Waals surface area contributed by atoms with Crippen molar-refractivity contribution >= 4 is 5.97 Å². The lowest BCUT2D eigenvalue weighted by molar-refractivity contribution is 0.0695. The highest BCUT2D eigenvalue weighted by Crippen LogP contribution is 2.15. The monoisotopic (exact) mass is 222 g/mol. The first-order valence-corrected chi connectivity index (χ1v) is 4.64. The second-order valence-corrected chi connectivity index (χ2v) is 3.38. The average molecular weight is 222 g/mol. The van der Waals surface area contributed by atoms with Crippen LogP contribution in [0.2, 0.25) is 0 Å². The highest BCUT2D eigenvalue weighted by Gasteiger charge is 2.14. The smallest absolute Gasteiger partial charge is 0.339 e. The molecule has 16 heavy (non-hydrogen) atoms. The largest absolute Gasteiger partial charge is 0.478 e. The van der Waals surface area contributed by atoms with Crippen LogP contribution in [0.25, 0.3) is 0 Å². The van der Waals surface area contributed by atoms with Crippen molar-refractivity contribution in [2.24, 2.45) is 0 Å². The van der Waals surface area contributed by atoms with Gasteiger partial charge in [-0.2, -0.15) is 0 Å². The van der Waals surface area contributed by atoms with E-state index in [1.165, 1.54) is 16.8 Å². The van der Waals surface area contributed by atoms with Crippen LogP contribution in [0, 0.1) is 6.92 Å². The standard InChI is InChI=1S/C10H10N2O4/c1-6-8(9(13)14)4-7(16-6)5-12-3-2-11-10(12)15/h2-4H,5H2,1H3,(H,11,15)(H,13,14). The predicted octanol–water partition coefficient (Wildman–Crippen LogP) is 0.824. The number of H-pyrrole nitrogens is 1. The first-order chi connectivity index (χ1) is 7.58. The van der Waals surface area contributed by atoms with E-state index in [1.54, 1.807) is 13.1 Å². The fourth-order valence-electron chi connectivity index (χ4n) is 1.48. The van der Waals surface area contributed by atoms with E-state index in [4.69, 9.17) is 9.52 Å². The van der Waals surface area contributed by atoms with Gasteiger partial charge >= 0.3 is 11.7 Å². The molecule has 0 fully saturated rings. The number of aryl methyl sites for hydroxylation is 1. The molecule has 2 aromatic heterocycles. The van der Waals surface area contributed by atoms with Crippen molar-refractivity contribution in [2.75, 3.05) is 0 Å². The molecule has 0 amide bonds. The van der Waals surface area contributed by atoms with Gasteiger partial charge in [0.25, 0.3) is 0 Å². The van der Waals surface area contributed by atoms with Crippen molar-refractivity contribution in [2.45, 2.75) is 13.5 Å². The van der Waals surface area contributed by atoms with Gasteiger partial charge in [0.2, 0.25) is 0 Å². The van der Waals surface area contributed by atoms with Gasteiger partial charge in [0.1, 0.15) is 17.1 Å². The van der Waals surface area contributed by atoms with Gasteiger partial charge in [0, 0.05) is 12.4 Å². The summed E-state index contributed by atoms with van der Waals surface area (Å²) in [5.74, 6) is -0.253. The summed E-state index contributed by atoms with van der Waals surface area (Å²) in [6.07, 6.45) is 3.08. The number of carboxylic acids is 1. The number of carbonyl (C=O) groups is 1. The van der Waals surface area contributed by atoms with Crippen LogP contribution in [0.4, 0.5) is 0 Å². The van der Waals surface area contributed by atoms with Gasteiger partial charge in [-0.05, 0) is 13.0 Å². The Morgan fingerprint density at radius 2 is 2.38 bits per heavy atom. The van der Waals surface area contributed by atoms with Crippen molar-refractivity contribution in [1.82, 2.24) is 9.55 Å². The van der Waals surface area contributed by atoms with Crippen molar-refractivity contribution in [1.29, 1.82) is 0 Å². The van der Waals surface area contributed by atoms with E-state index < -0.39 is 5.97 Å². The van der Waals surface area contributed by atoms with Crippen LogP contribution in [0.3, 0.4) is 0 Å². The van der Waals surface area contributed by atoms with Gasteiger partial charge in [-0.1, -0.05) is 0 Å². The molecule has 2 rings (SSSR count). The predicted molar refractivity (Wildman–Crippen MR) is 54.6 cm³/mol. The van der Waals surface area contributed by atoms with Crippen LogP contribution >= 0.6 is 0 Å². The van der Waals surface area contributed by atoms with Gasteiger partial charge in [0.05, 0.1) is 6.54 Å². The van der Waals surface area contributed by atoms with E-state index in [1.807, 2.05) is 0 Å². The van der Waals surface area contributed by atoms with E-state index in [0.29, 0.717) is 11.5 Å². The van der Waals surface area contributed by atoms with Crippen LogP contribution in [0.15, 0.2) is 27.7 Å². The van der Waals surface area contributed by atoms with E-state index >= 15 is 0 Å². The molecule has 0 aromatic carbocycles. The maximum Gasteiger partial charge on any atom is 0.339 e. The molecule has 0 aliphatic heterocycles. The zero-order valence-electron chi connectivity index (χ0n) is 8.56. The van der Waals surface area contributed by atoms with Crippen LogP contribution in [-0.4, -0.2) is 20.6 Å². The third-order valence-electron chi connectivity index (χ3n) is 2.25. The third-order valence-corrected chi connectivity index (χ3v) is 2.25. The summed E-state index contributed by atoms with van der Waals surface area (Å²) in [5, 5.41) is 8.82. The lowest BCUT2D eigenvalue weighted by Crippen LogP contribution is -2.16. The van der Waals surface area contributed by atoms with E-state index in [-0.39, 0.29) is 17.8 Å². The Balaban J connectivity index is 2.30. The van der Waals surface area contributed by atoms with Crippen molar-refractivity contribution in [3.05, 3.63) is 46.0 Å². The number of nitrogens with one attached hydrogen (secondary N) is 1.